The molecule has 0 aliphatic carbocycles. The van der Waals surface area contributed by atoms with Crippen LogP contribution >= 0.6 is 0 Å². The molecule has 0 aliphatic rings. The molecule has 0 fully saturated rings. The molecule has 0 aromatic heterocycles. The maximum absolute atomic E-state index is 8.24. The number of allylic oxidation sites excluding steroid dienone is 1. The van der Waals surface area contributed by atoms with E-state index in [9.17, 15) is 0 Å². The predicted octanol–water partition coefficient (Wildman–Crippen LogP) is 0.922. The molecule has 0 heterocycles. The highest BCUT2D eigenvalue weighted by atomic mass is 16.6. The van der Waals surface area contributed by atoms with E-state index in [0.717, 1.165) is 12.8 Å². The lowest BCUT2D eigenvalue weighted by Gasteiger charge is -1.99. The highest BCUT2D eigenvalue weighted by molar-refractivity contribution is 6.32. The van der Waals surface area contributed by atoms with Crippen LogP contribution in [-0.2, 0) is 4.65 Å². The van der Waals surface area contributed by atoms with Crippen LogP contribution in [0.5, 0.6) is 0 Å². The van der Waals surface area contributed by atoms with E-state index < -0.39 is 7.32 Å². The van der Waals surface area contributed by atoms with Crippen molar-refractivity contribution >= 4 is 7.32 Å². The maximum atomic E-state index is 8.24. The van der Waals surface area contributed by atoms with E-state index in [2.05, 4.69) is 18.5 Å². The lowest BCUT2D eigenvalue weighted by Crippen LogP contribution is -2.12. The lowest BCUT2D eigenvalue weighted by atomic mass is 10.1. The molecule has 0 aromatic rings. The highest BCUT2D eigenvalue weighted by Crippen LogP contribution is 2.03. The second kappa shape index (κ2) is 6.25. The van der Waals surface area contributed by atoms with Gasteiger partial charge in [0.1, 0.15) is 0 Å². The van der Waals surface area contributed by atoms with Crippen molar-refractivity contribution in [1.82, 2.24) is 0 Å². The normalized spacial score (nSPS) is 11.0. The van der Waals surface area contributed by atoms with Crippen LogP contribution in [0.4, 0.5) is 0 Å². The molecule has 0 atom stereocenters. The molecule has 64 valence electrons. The highest BCUT2D eigenvalue weighted by Gasteiger charge is 2.05. The van der Waals surface area contributed by atoms with Gasteiger partial charge in [-0.2, -0.15) is 0 Å². The quantitative estimate of drug-likeness (QED) is 0.462. The van der Waals surface area contributed by atoms with E-state index in [0.29, 0.717) is 5.92 Å². The van der Waals surface area contributed by atoms with Crippen LogP contribution in [-0.4, -0.2) is 17.4 Å². The standard InChI is InChI=1S/C7H15BO3/c1-7(2)5-3-4-6-11-8(9)10/h4,6-7,9-10H,3,5H2,1-2H3. The molecule has 0 saturated heterocycles. The van der Waals surface area contributed by atoms with Crippen molar-refractivity contribution in [2.45, 2.75) is 26.7 Å². The monoisotopic (exact) mass is 158 g/mol. The lowest BCUT2D eigenvalue weighted by molar-refractivity contribution is 0.256. The van der Waals surface area contributed by atoms with Crippen molar-refractivity contribution in [2.24, 2.45) is 5.92 Å². The van der Waals surface area contributed by atoms with Crippen LogP contribution in [0.25, 0.3) is 0 Å². The third-order valence-electron chi connectivity index (χ3n) is 1.21. The van der Waals surface area contributed by atoms with E-state index in [1.54, 1.807) is 6.08 Å². The number of rotatable bonds is 5. The van der Waals surface area contributed by atoms with Crippen molar-refractivity contribution in [2.75, 3.05) is 0 Å². The van der Waals surface area contributed by atoms with Crippen LogP contribution in [0.15, 0.2) is 12.3 Å². The Bertz CT molecular complexity index is 112. The number of hydrogen-bond acceptors (Lipinski definition) is 3. The zero-order chi connectivity index (χ0) is 8.69. The summed E-state index contributed by atoms with van der Waals surface area (Å²) in [5, 5.41) is 16.5. The van der Waals surface area contributed by atoms with E-state index in [4.69, 9.17) is 10.0 Å². The van der Waals surface area contributed by atoms with Crippen LogP contribution < -0.4 is 0 Å². The Morgan fingerprint density at radius 1 is 1.45 bits per heavy atom. The molecule has 0 bridgehead atoms. The summed E-state index contributed by atoms with van der Waals surface area (Å²) in [5.74, 6) is 0.665. The van der Waals surface area contributed by atoms with Gasteiger partial charge in [-0.25, -0.2) is 0 Å². The molecule has 0 unspecified atom stereocenters. The van der Waals surface area contributed by atoms with Gasteiger partial charge in [0.15, 0.2) is 0 Å². The minimum absolute atomic E-state index is 0.665. The second-order valence-electron chi connectivity index (χ2n) is 2.81. The minimum Gasteiger partial charge on any atom is -0.519 e. The van der Waals surface area contributed by atoms with E-state index in [1.165, 1.54) is 6.26 Å². The fraction of sp³-hybridized carbons (Fsp3) is 0.714. The number of hydrogen-bond donors (Lipinski definition) is 2. The van der Waals surface area contributed by atoms with Gasteiger partial charge in [-0.1, -0.05) is 19.9 Å². The Labute approximate surface area is 67.9 Å². The van der Waals surface area contributed by atoms with E-state index in [1.807, 2.05) is 0 Å². The molecule has 0 aliphatic heterocycles. The van der Waals surface area contributed by atoms with Crippen LogP contribution in [0.1, 0.15) is 26.7 Å². The van der Waals surface area contributed by atoms with Crippen LogP contribution in [0, 0.1) is 5.92 Å². The zero-order valence-electron chi connectivity index (χ0n) is 7.03. The van der Waals surface area contributed by atoms with Gasteiger partial charge < -0.3 is 14.7 Å². The predicted molar refractivity (Wildman–Crippen MR) is 44.5 cm³/mol. The fourth-order valence-corrected chi connectivity index (χ4v) is 0.623. The maximum Gasteiger partial charge on any atom is 0.707 e. The molecular weight excluding hydrogens is 143 g/mol. The second-order valence-corrected chi connectivity index (χ2v) is 2.81. The Hall–Kier alpha value is -0.475. The zero-order valence-corrected chi connectivity index (χ0v) is 7.03. The van der Waals surface area contributed by atoms with Crippen molar-refractivity contribution in [3.05, 3.63) is 12.3 Å². The smallest absolute Gasteiger partial charge is 0.519 e. The topological polar surface area (TPSA) is 49.7 Å². The molecule has 3 nitrogen and oxygen atoms in total. The Morgan fingerprint density at radius 2 is 2.09 bits per heavy atom. The molecule has 4 heteroatoms. The molecule has 0 saturated carbocycles. The van der Waals surface area contributed by atoms with Gasteiger partial charge in [0, 0.05) is 0 Å². The summed E-state index contributed by atoms with van der Waals surface area (Å²) in [5.41, 5.74) is 0. The van der Waals surface area contributed by atoms with Gasteiger partial charge in [0.2, 0.25) is 0 Å². The van der Waals surface area contributed by atoms with Crippen molar-refractivity contribution in [3.63, 3.8) is 0 Å². The SMILES string of the molecule is CC(C)CCC=COB(O)O. The summed E-state index contributed by atoms with van der Waals surface area (Å²) in [7, 11) is -1.69. The third-order valence-corrected chi connectivity index (χ3v) is 1.21. The molecule has 2 N–H and O–H groups in total. The molecule has 0 aromatic carbocycles. The summed E-state index contributed by atoms with van der Waals surface area (Å²) in [6.07, 6.45) is 5.08. The van der Waals surface area contributed by atoms with Crippen molar-refractivity contribution in [1.29, 1.82) is 0 Å². The first-order chi connectivity index (χ1) is 5.13. The Balaban J connectivity index is 3.17. The molecule has 0 amide bonds. The average molecular weight is 158 g/mol. The molecular formula is C7H15BO3. The molecule has 0 rings (SSSR count). The van der Waals surface area contributed by atoms with E-state index >= 15 is 0 Å². The van der Waals surface area contributed by atoms with Crippen LogP contribution in [0.2, 0.25) is 0 Å². The first-order valence-electron chi connectivity index (χ1n) is 3.79. The Kier molecular flexibility index (Phi) is 5.98. The van der Waals surface area contributed by atoms with Gasteiger partial charge >= 0.3 is 7.32 Å². The van der Waals surface area contributed by atoms with Gasteiger partial charge in [-0.15, -0.1) is 0 Å². The fourth-order valence-electron chi connectivity index (χ4n) is 0.623. The largest absolute Gasteiger partial charge is 0.707 e. The summed E-state index contributed by atoms with van der Waals surface area (Å²) in [4.78, 5) is 0. The molecule has 11 heavy (non-hydrogen) atoms. The summed E-state index contributed by atoms with van der Waals surface area (Å²) < 4.78 is 4.35. The summed E-state index contributed by atoms with van der Waals surface area (Å²) in [6.45, 7) is 4.27. The first-order valence-corrected chi connectivity index (χ1v) is 3.79. The van der Waals surface area contributed by atoms with Gasteiger partial charge in [0.25, 0.3) is 0 Å². The Morgan fingerprint density at radius 3 is 2.55 bits per heavy atom. The van der Waals surface area contributed by atoms with Crippen LogP contribution in [0.3, 0.4) is 0 Å². The van der Waals surface area contributed by atoms with Gasteiger partial charge in [0.05, 0.1) is 6.26 Å². The summed E-state index contributed by atoms with van der Waals surface area (Å²) >= 11 is 0. The third kappa shape index (κ3) is 9.52. The minimum atomic E-state index is -1.69. The van der Waals surface area contributed by atoms with Crippen molar-refractivity contribution in [3.8, 4) is 0 Å². The van der Waals surface area contributed by atoms with Gasteiger partial charge in [-0.3, -0.25) is 0 Å². The van der Waals surface area contributed by atoms with E-state index in [-0.39, 0.29) is 0 Å². The first kappa shape index (κ1) is 10.5. The molecule has 0 spiro atoms. The summed E-state index contributed by atoms with van der Waals surface area (Å²) in [6, 6.07) is 0. The average Bonchev–Trinajstić information content (AvgIpc) is 1.85. The van der Waals surface area contributed by atoms with Crippen molar-refractivity contribution < 1.29 is 14.7 Å². The molecule has 0 radical (unpaired) electrons. The van der Waals surface area contributed by atoms with Gasteiger partial charge in [-0.05, 0) is 18.8 Å².